The molecule has 1 saturated heterocycles. The van der Waals surface area contributed by atoms with Gasteiger partial charge in [-0.2, -0.15) is 17.5 Å². The highest BCUT2D eigenvalue weighted by Gasteiger charge is 2.32. The summed E-state index contributed by atoms with van der Waals surface area (Å²) in [5, 5.41) is 2.54. The Hall–Kier alpha value is -2.79. The maximum absolute atomic E-state index is 12.9. The Balaban J connectivity index is 1.44. The van der Waals surface area contributed by atoms with Crippen molar-refractivity contribution in [1.29, 1.82) is 0 Å². The van der Waals surface area contributed by atoms with Gasteiger partial charge in [0.2, 0.25) is 10.0 Å². The van der Waals surface area contributed by atoms with E-state index in [4.69, 9.17) is 4.74 Å². The minimum absolute atomic E-state index is 0.0634. The van der Waals surface area contributed by atoms with Crippen LogP contribution in [0.2, 0.25) is 0 Å². The number of amides is 1. The molecule has 0 aromatic heterocycles. The quantitative estimate of drug-likeness (QED) is 0.622. The monoisotopic (exact) mass is 485 g/mol. The van der Waals surface area contributed by atoms with Gasteiger partial charge in [-0.3, -0.25) is 4.79 Å². The number of anilines is 1. The Morgan fingerprint density at radius 2 is 1.76 bits per heavy atom. The van der Waals surface area contributed by atoms with Crippen LogP contribution in [0.25, 0.3) is 0 Å². The molecule has 7 nitrogen and oxygen atoms in total. The van der Waals surface area contributed by atoms with E-state index in [2.05, 4.69) is 5.32 Å². The van der Waals surface area contributed by atoms with Crippen LogP contribution in [0.15, 0.2) is 48.5 Å². The first-order valence-electron chi connectivity index (χ1n) is 10.4. The van der Waals surface area contributed by atoms with Gasteiger partial charge in [0.15, 0.2) is 6.61 Å². The molecule has 0 saturated carbocycles. The second kappa shape index (κ2) is 10.4. The van der Waals surface area contributed by atoms with Crippen LogP contribution < -0.4 is 15.0 Å². The van der Waals surface area contributed by atoms with Gasteiger partial charge >= 0.3 is 6.18 Å². The van der Waals surface area contributed by atoms with Crippen molar-refractivity contribution in [2.75, 3.05) is 50.0 Å². The highest BCUT2D eigenvalue weighted by Crippen LogP contribution is 2.32. The Bertz CT molecular complexity index is 1070. The number of para-hydroxylation sites is 1. The average Bonchev–Trinajstić information content (AvgIpc) is 2.78. The smallest absolute Gasteiger partial charge is 0.416 e. The van der Waals surface area contributed by atoms with E-state index in [1.54, 1.807) is 23.1 Å². The molecule has 1 aliphatic heterocycles. The second-order valence-corrected chi connectivity index (χ2v) is 9.74. The number of ether oxygens (including phenoxy) is 1. The summed E-state index contributed by atoms with van der Waals surface area (Å²) in [4.78, 5) is 13.7. The Labute approximate surface area is 191 Å². The summed E-state index contributed by atoms with van der Waals surface area (Å²) >= 11 is 0. The van der Waals surface area contributed by atoms with Gasteiger partial charge in [0.05, 0.1) is 11.3 Å². The van der Waals surface area contributed by atoms with E-state index in [-0.39, 0.29) is 45.1 Å². The van der Waals surface area contributed by atoms with Gasteiger partial charge in [-0.15, -0.1) is 0 Å². The Morgan fingerprint density at radius 1 is 1.06 bits per heavy atom. The number of carbonyl (C=O) groups is 1. The predicted molar refractivity (Wildman–Crippen MR) is 119 cm³/mol. The van der Waals surface area contributed by atoms with E-state index in [0.717, 1.165) is 17.7 Å². The number of aryl methyl sites for hydroxylation is 1. The van der Waals surface area contributed by atoms with Crippen molar-refractivity contribution < 1.29 is 31.1 Å². The van der Waals surface area contributed by atoms with Crippen LogP contribution in [0, 0.1) is 6.92 Å². The topological polar surface area (TPSA) is 78.9 Å². The fourth-order valence-corrected chi connectivity index (χ4v) is 4.80. The number of hydrogen-bond acceptors (Lipinski definition) is 5. The van der Waals surface area contributed by atoms with Crippen LogP contribution in [0.1, 0.15) is 11.1 Å². The third-order valence-electron chi connectivity index (χ3n) is 5.31. The summed E-state index contributed by atoms with van der Waals surface area (Å²) in [5.74, 6) is -0.117. The van der Waals surface area contributed by atoms with Gasteiger partial charge < -0.3 is 15.0 Å². The van der Waals surface area contributed by atoms with E-state index in [0.29, 0.717) is 11.4 Å². The maximum atomic E-state index is 12.9. The predicted octanol–water partition coefficient (Wildman–Crippen LogP) is 2.66. The first-order chi connectivity index (χ1) is 15.6. The van der Waals surface area contributed by atoms with Crippen LogP contribution in [-0.2, 0) is 21.0 Å². The molecular weight excluding hydrogens is 459 g/mol. The molecule has 1 heterocycles. The van der Waals surface area contributed by atoms with Gasteiger partial charge in [0, 0.05) is 38.4 Å². The van der Waals surface area contributed by atoms with Crippen LogP contribution >= 0.6 is 0 Å². The third-order valence-corrected chi connectivity index (χ3v) is 7.18. The fourth-order valence-electron chi connectivity index (χ4n) is 3.46. The van der Waals surface area contributed by atoms with Crippen LogP contribution in [-0.4, -0.2) is 63.7 Å². The summed E-state index contributed by atoms with van der Waals surface area (Å²) in [5.41, 5.74) is 0.553. The van der Waals surface area contributed by atoms with Gasteiger partial charge in [0.1, 0.15) is 5.75 Å². The number of nitrogens with one attached hydrogen (secondary N) is 1. The van der Waals surface area contributed by atoms with Crippen LogP contribution in [0.5, 0.6) is 5.75 Å². The number of nitrogens with zero attached hydrogens (tertiary/aromatic N) is 2. The molecule has 0 radical (unpaired) electrons. The summed E-state index contributed by atoms with van der Waals surface area (Å²) in [6.45, 7) is 2.43. The minimum atomic E-state index is -4.43. The zero-order valence-corrected chi connectivity index (χ0v) is 19.0. The molecule has 2 aromatic carbocycles. The highest BCUT2D eigenvalue weighted by molar-refractivity contribution is 7.89. The molecule has 0 bridgehead atoms. The molecule has 2 aromatic rings. The number of sulfonamides is 1. The molecular formula is C22H26F3N3O4S. The molecule has 1 amide bonds. The van der Waals surface area contributed by atoms with E-state index in [1.807, 2.05) is 19.1 Å². The zero-order valence-electron chi connectivity index (χ0n) is 18.1. The number of alkyl halides is 3. The van der Waals surface area contributed by atoms with E-state index in [1.165, 1.54) is 10.4 Å². The van der Waals surface area contributed by atoms with Gasteiger partial charge in [-0.25, -0.2) is 8.42 Å². The second-order valence-electron chi connectivity index (χ2n) is 7.65. The SMILES string of the molecule is Cc1ccccc1OCC(=O)NCCS(=O)(=O)N1CCN(c2cccc(C(F)(F)F)c2)CC1. The van der Waals surface area contributed by atoms with E-state index in [9.17, 15) is 26.4 Å². The van der Waals surface area contributed by atoms with Gasteiger partial charge in [-0.1, -0.05) is 24.3 Å². The molecule has 11 heteroatoms. The molecule has 180 valence electrons. The lowest BCUT2D eigenvalue weighted by atomic mass is 10.1. The summed E-state index contributed by atoms with van der Waals surface area (Å²) in [7, 11) is -3.62. The normalized spacial score (nSPS) is 15.3. The number of halogens is 3. The van der Waals surface area contributed by atoms with Gasteiger partial charge in [-0.05, 0) is 36.8 Å². The summed E-state index contributed by atoms with van der Waals surface area (Å²) in [6, 6.07) is 12.2. The molecule has 1 fully saturated rings. The van der Waals surface area contributed by atoms with Crippen molar-refractivity contribution in [3.8, 4) is 5.75 Å². The maximum Gasteiger partial charge on any atom is 0.416 e. The molecule has 0 aliphatic carbocycles. The molecule has 33 heavy (non-hydrogen) atoms. The minimum Gasteiger partial charge on any atom is -0.484 e. The van der Waals surface area contributed by atoms with E-state index < -0.39 is 27.7 Å². The van der Waals surface area contributed by atoms with Crippen molar-refractivity contribution in [1.82, 2.24) is 9.62 Å². The van der Waals surface area contributed by atoms with Crippen molar-refractivity contribution in [2.24, 2.45) is 0 Å². The lowest BCUT2D eigenvalue weighted by Gasteiger charge is -2.35. The Kier molecular flexibility index (Phi) is 7.85. The molecule has 0 unspecified atom stereocenters. The Morgan fingerprint density at radius 3 is 2.42 bits per heavy atom. The largest absolute Gasteiger partial charge is 0.484 e. The average molecular weight is 486 g/mol. The molecule has 1 N–H and O–H groups in total. The third kappa shape index (κ3) is 6.84. The fraction of sp³-hybridized carbons (Fsp3) is 0.409. The number of hydrogen-bond donors (Lipinski definition) is 1. The van der Waals surface area contributed by atoms with Gasteiger partial charge in [0.25, 0.3) is 5.91 Å². The first-order valence-corrected chi connectivity index (χ1v) is 12.0. The molecule has 3 rings (SSSR count). The first kappa shape index (κ1) is 24.8. The summed E-state index contributed by atoms with van der Waals surface area (Å²) < 4.78 is 70.7. The van der Waals surface area contributed by atoms with Crippen LogP contribution in [0.3, 0.4) is 0 Å². The summed E-state index contributed by atoms with van der Waals surface area (Å²) in [6.07, 6.45) is -4.43. The number of piperazine rings is 1. The lowest BCUT2D eigenvalue weighted by molar-refractivity contribution is -0.137. The molecule has 0 spiro atoms. The number of benzene rings is 2. The standard InChI is InChI=1S/C22H26F3N3O4S/c1-17-5-2-3-8-20(17)32-16-21(29)26-9-14-33(30,31)28-12-10-27(11-13-28)19-7-4-6-18(15-19)22(23,24)25/h2-8,15H,9-14,16H2,1H3,(H,26,29). The van der Waals surface area contributed by atoms with E-state index >= 15 is 0 Å². The van der Waals surface area contributed by atoms with Crippen molar-refractivity contribution in [3.05, 3.63) is 59.7 Å². The van der Waals surface area contributed by atoms with Crippen molar-refractivity contribution in [3.63, 3.8) is 0 Å². The molecule has 0 atom stereocenters. The van der Waals surface area contributed by atoms with Crippen molar-refractivity contribution in [2.45, 2.75) is 13.1 Å². The highest BCUT2D eigenvalue weighted by atomic mass is 32.2. The molecule has 1 aliphatic rings. The lowest BCUT2D eigenvalue weighted by Crippen LogP contribution is -2.50. The zero-order chi connectivity index (χ0) is 24.1. The number of rotatable bonds is 8. The van der Waals surface area contributed by atoms with Crippen molar-refractivity contribution >= 4 is 21.6 Å². The number of carbonyl (C=O) groups excluding carboxylic acids is 1. The van der Waals surface area contributed by atoms with Crippen LogP contribution in [0.4, 0.5) is 18.9 Å².